The Morgan fingerprint density at radius 3 is 2.83 bits per heavy atom. The predicted octanol–water partition coefficient (Wildman–Crippen LogP) is 3.74. The first-order valence-electron chi connectivity index (χ1n) is 10.4. The van der Waals surface area contributed by atoms with Crippen LogP contribution in [0, 0.1) is 0 Å². The van der Waals surface area contributed by atoms with Crippen LogP contribution in [0.5, 0.6) is 0 Å². The summed E-state index contributed by atoms with van der Waals surface area (Å²) >= 11 is 0. The molecule has 3 aromatic rings. The number of carbonyl (C=O) groups excluding carboxylic acids is 1. The van der Waals surface area contributed by atoms with Crippen LogP contribution in [0.4, 0.5) is 0 Å². The van der Waals surface area contributed by atoms with E-state index in [1.807, 2.05) is 43.5 Å². The summed E-state index contributed by atoms with van der Waals surface area (Å²) in [7, 11) is 0. The average Bonchev–Trinajstić information content (AvgIpc) is 3.16. The summed E-state index contributed by atoms with van der Waals surface area (Å²) in [5.41, 5.74) is 12.2. The third kappa shape index (κ3) is 4.04. The van der Waals surface area contributed by atoms with Crippen LogP contribution in [0.1, 0.15) is 46.2 Å². The predicted molar refractivity (Wildman–Crippen MR) is 118 cm³/mol. The van der Waals surface area contributed by atoms with Gasteiger partial charge in [-0.2, -0.15) is 5.10 Å². The summed E-state index contributed by atoms with van der Waals surface area (Å²) in [4.78, 5) is 17.3. The molecule has 2 aromatic heterocycles. The van der Waals surface area contributed by atoms with Crippen LogP contribution >= 0.6 is 0 Å². The van der Waals surface area contributed by atoms with Crippen molar-refractivity contribution >= 4 is 18.1 Å². The number of aryl methyl sites for hydroxylation is 2. The highest BCUT2D eigenvalue weighted by Crippen LogP contribution is 2.35. The van der Waals surface area contributed by atoms with Gasteiger partial charge in [-0.1, -0.05) is 36.4 Å². The highest BCUT2D eigenvalue weighted by Gasteiger charge is 2.29. The van der Waals surface area contributed by atoms with Gasteiger partial charge in [-0.3, -0.25) is 9.67 Å². The Bertz CT molecular complexity index is 1070. The first-order chi connectivity index (χ1) is 14.7. The van der Waals surface area contributed by atoms with Gasteiger partial charge in [0.1, 0.15) is 5.69 Å². The van der Waals surface area contributed by atoms with E-state index in [0.29, 0.717) is 25.4 Å². The largest absolute Gasteiger partial charge is 0.461 e. The standard InChI is InChI=1S/C24H26N4O2/c1-2-30-24(29)23-20-12-10-18-16-26-19(11-9-17-7-4-3-5-8-17)15-21(18)22(20)27-28(23)14-6-13-25/h3-5,7-9,11,15-16H,2,6,10,12-14,25H2,1H3. The Morgan fingerprint density at radius 2 is 2.07 bits per heavy atom. The molecule has 0 fully saturated rings. The van der Waals surface area contributed by atoms with E-state index in [4.69, 9.17) is 15.6 Å². The van der Waals surface area contributed by atoms with Crippen molar-refractivity contribution in [2.45, 2.75) is 32.7 Å². The Morgan fingerprint density at radius 1 is 1.23 bits per heavy atom. The molecule has 0 aliphatic heterocycles. The van der Waals surface area contributed by atoms with Crippen molar-refractivity contribution < 1.29 is 9.53 Å². The van der Waals surface area contributed by atoms with Gasteiger partial charge in [-0.15, -0.1) is 0 Å². The van der Waals surface area contributed by atoms with Gasteiger partial charge in [0.15, 0.2) is 0 Å². The van der Waals surface area contributed by atoms with Crippen LogP contribution in [-0.4, -0.2) is 33.9 Å². The minimum absolute atomic E-state index is 0.315. The first-order valence-corrected chi connectivity index (χ1v) is 10.4. The number of nitrogens with two attached hydrogens (primary N) is 1. The van der Waals surface area contributed by atoms with E-state index in [1.165, 1.54) is 0 Å². The molecule has 154 valence electrons. The van der Waals surface area contributed by atoms with Gasteiger partial charge in [-0.25, -0.2) is 4.79 Å². The van der Waals surface area contributed by atoms with Gasteiger partial charge < -0.3 is 10.5 Å². The molecular formula is C24H26N4O2. The zero-order valence-electron chi connectivity index (χ0n) is 17.2. The Kier molecular flexibility index (Phi) is 6.05. The van der Waals surface area contributed by atoms with Crippen molar-refractivity contribution in [2.75, 3.05) is 13.2 Å². The zero-order chi connectivity index (χ0) is 20.9. The molecule has 0 radical (unpaired) electrons. The zero-order valence-corrected chi connectivity index (χ0v) is 17.2. The van der Waals surface area contributed by atoms with E-state index in [1.54, 1.807) is 4.68 Å². The molecule has 6 nitrogen and oxygen atoms in total. The number of nitrogens with zero attached hydrogens (tertiary/aromatic N) is 3. The van der Waals surface area contributed by atoms with E-state index < -0.39 is 0 Å². The van der Waals surface area contributed by atoms with E-state index >= 15 is 0 Å². The molecule has 0 saturated carbocycles. The third-order valence-corrected chi connectivity index (χ3v) is 5.25. The number of esters is 1. The topological polar surface area (TPSA) is 83.0 Å². The van der Waals surface area contributed by atoms with Gasteiger partial charge in [0.2, 0.25) is 0 Å². The van der Waals surface area contributed by atoms with Crippen LogP contribution < -0.4 is 5.73 Å². The first kappa shape index (κ1) is 20.0. The second-order valence-electron chi connectivity index (χ2n) is 7.27. The van der Waals surface area contributed by atoms with Gasteiger partial charge in [-0.05, 0) is 56.0 Å². The summed E-state index contributed by atoms with van der Waals surface area (Å²) in [6.45, 7) is 3.29. The number of fused-ring (bicyclic) bond motifs is 3. The van der Waals surface area contributed by atoms with Crippen molar-refractivity contribution in [2.24, 2.45) is 5.73 Å². The minimum Gasteiger partial charge on any atom is -0.461 e. The number of aromatic nitrogens is 3. The molecule has 0 spiro atoms. The van der Waals surface area contributed by atoms with Gasteiger partial charge in [0.25, 0.3) is 0 Å². The second-order valence-corrected chi connectivity index (χ2v) is 7.27. The second kappa shape index (κ2) is 9.05. The van der Waals surface area contributed by atoms with E-state index in [2.05, 4.69) is 23.2 Å². The fourth-order valence-electron chi connectivity index (χ4n) is 3.80. The maximum atomic E-state index is 12.7. The third-order valence-electron chi connectivity index (χ3n) is 5.25. The fourth-order valence-corrected chi connectivity index (χ4v) is 3.80. The summed E-state index contributed by atoms with van der Waals surface area (Å²) < 4.78 is 7.09. The summed E-state index contributed by atoms with van der Waals surface area (Å²) in [6, 6.07) is 12.2. The van der Waals surface area contributed by atoms with Crippen molar-refractivity contribution in [1.82, 2.24) is 14.8 Å². The summed E-state index contributed by atoms with van der Waals surface area (Å²) in [6.07, 6.45) is 8.30. The molecule has 1 aromatic carbocycles. The van der Waals surface area contributed by atoms with Gasteiger partial charge in [0.05, 0.1) is 18.0 Å². The molecular weight excluding hydrogens is 376 g/mol. The lowest BCUT2D eigenvalue weighted by molar-refractivity contribution is 0.0510. The number of hydrogen-bond donors (Lipinski definition) is 1. The summed E-state index contributed by atoms with van der Waals surface area (Å²) in [5, 5.41) is 4.80. The lowest BCUT2D eigenvalue weighted by Gasteiger charge is -2.16. The number of pyridine rings is 1. The molecule has 2 heterocycles. The van der Waals surface area contributed by atoms with E-state index in [-0.39, 0.29) is 5.97 Å². The van der Waals surface area contributed by atoms with Crippen LogP contribution in [0.2, 0.25) is 0 Å². The minimum atomic E-state index is -0.315. The maximum Gasteiger partial charge on any atom is 0.356 e. The van der Waals surface area contributed by atoms with Crippen LogP contribution in [0.25, 0.3) is 23.4 Å². The van der Waals surface area contributed by atoms with Crippen LogP contribution in [-0.2, 0) is 24.1 Å². The SMILES string of the molecule is CCOC(=O)c1c2c(nn1CCCN)-c1cc(C=Cc3ccccc3)ncc1CC2. The lowest BCUT2D eigenvalue weighted by atomic mass is 9.89. The normalized spacial score (nSPS) is 12.6. The number of benzene rings is 1. The number of carbonyl (C=O) groups is 1. The maximum absolute atomic E-state index is 12.7. The van der Waals surface area contributed by atoms with Crippen LogP contribution in [0.3, 0.4) is 0 Å². The molecule has 0 amide bonds. The van der Waals surface area contributed by atoms with Crippen LogP contribution in [0.15, 0.2) is 42.6 Å². The Balaban J connectivity index is 1.73. The Labute approximate surface area is 176 Å². The van der Waals surface area contributed by atoms with Crippen molar-refractivity contribution in [3.63, 3.8) is 0 Å². The molecule has 0 bridgehead atoms. The number of hydrogen-bond acceptors (Lipinski definition) is 5. The molecule has 0 saturated heterocycles. The molecule has 0 unspecified atom stereocenters. The van der Waals surface area contributed by atoms with E-state index in [0.717, 1.165) is 52.9 Å². The Hall–Kier alpha value is -3.25. The molecule has 30 heavy (non-hydrogen) atoms. The highest BCUT2D eigenvalue weighted by atomic mass is 16.5. The highest BCUT2D eigenvalue weighted by molar-refractivity contribution is 5.92. The fraction of sp³-hybridized carbons (Fsp3) is 0.292. The molecule has 0 atom stereocenters. The molecule has 1 aliphatic carbocycles. The van der Waals surface area contributed by atoms with E-state index in [9.17, 15) is 4.79 Å². The molecule has 6 heteroatoms. The monoisotopic (exact) mass is 402 g/mol. The van der Waals surface area contributed by atoms with Crippen molar-refractivity contribution in [3.05, 3.63) is 70.7 Å². The average molecular weight is 402 g/mol. The lowest BCUT2D eigenvalue weighted by Crippen LogP contribution is -2.17. The number of rotatable bonds is 7. The van der Waals surface area contributed by atoms with Gasteiger partial charge in [0, 0.05) is 23.9 Å². The molecule has 1 aliphatic rings. The molecule has 2 N–H and O–H groups in total. The van der Waals surface area contributed by atoms with Crippen molar-refractivity contribution in [3.8, 4) is 11.3 Å². The smallest absolute Gasteiger partial charge is 0.356 e. The van der Waals surface area contributed by atoms with Crippen molar-refractivity contribution in [1.29, 1.82) is 0 Å². The summed E-state index contributed by atoms with van der Waals surface area (Å²) in [5.74, 6) is -0.315. The van der Waals surface area contributed by atoms with Gasteiger partial charge >= 0.3 is 5.97 Å². The molecule has 4 rings (SSSR count). The quantitative estimate of drug-likeness (QED) is 0.609. The number of ether oxygens (including phenoxy) is 1.